The Balaban J connectivity index is 1.68. The molecule has 3 heteroatoms. The van der Waals surface area contributed by atoms with E-state index in [1.807, 2.05) is 12.1 Å². The second-order valence-corrected chi connectivity index (χ2v) is 11.1. The van der Waals surface area contributed by atoms with Crippen LogP contribution in [0.1, 0.15) is 57.2 Å². The van der Waals surface area contributed by atoms with Gasteiger partial charge in [-0.1, -0.05) is 52.0 Å². The number of fused-ring (bicyclic) bond motifs is 5. The van der Waals surface area contributed by atoms with Crippen LogP contribution < -0.4 is 4.57 Å². The molecule has 3 heterocycles. The van der Waals surface area contributed by atoms with Crippen LogP contribution in [0.3, 0.4) is 0 Å². The highest BCUT2D eigenvalue weighted by Gasteiger charge is 2.40. The van der Waals surface area contributed by atoms with Crippen LogP contribution in [0.2, 0.25) is 0 Å². The van der Waals surface area contributed by atoms with Gasteiger partial charge in [-0.15, -0.1) is 0 Å². The van der Waals surface area contributed by atoms with Crippen molar-refractivity contribution < 1.29 is 8.98 Å². The lowest BCUT2D eigenvalue weighted by Crippen LogP contribution is -2.40. The minimum atomic E-state index is 0.156. The van der Waals surface area contributed by atoms with Crippen molar-refractivity contribution in [1.82, 2.24) is 4.98 Å². The molecule has 3 nitrogen and oxygen atoms in total. The van der Waals surface area contributed by atoms with Crippen LogP contribution in [-0.2, 0) is 17.9 Å². The van der Waals surface area contributed by atoms with Gasteiger partial charge >= 0.3 is 0 Å². The predicted octanol–water partition coefficient (Wildman–Crippen LogP) is 7.28. The SMILES string of the molecule is Cc1ccc2c(oc3cc4ccccc4nc32)c1-c1cc2c(c[n+]1C)C(C)(C)CCC2(C)C. The Labute approximate surface area is 195 Å². The van der Waals surface area contributed by atoms with Crippen molar-refractivity contribution in [2.45, 2.75) is 58.3 Å². The first kappa shape index (κ1) is 20.4. The molecule has 0 saturated heterocycles. The van der Waals surface area contributed by atoms with E-state index in [0.29, 0.717) is 0 Å². The van der Waals surface area contributed by atoms with Gasteiger partial charge in [0.15, 0.2) is 17.4 Å². The van der Waals surface area contributed by atoms with Gasteiger partial charge in [-0.05, 0) is 59.9 Å². The van der Waals surface area contributed by atoms with E-state index in [9.17, 15) is 0 Å². The Hall–Kier alpha value is -3.20. The molecule has 0 amide bonds. The van der Waals surface area contributed by atoms with Gasteiger partial charge in [0.25, 0.3) is 0 Å². The van der Waals surface area contributed by atoms with E-state index < -0.39 is 0 Å². The van der Waals surface area contributed by atoms with Crippen LogP contribution in [0.5, 0.6) is 0 Å². The van der Waals surface area contributed by atoms with E-state index in [2.05, 4.69) is 88.8 Å². The fourth-order valence-electron chi connectivity index (χ4n) is 5.66. The molecular weight excluding hydrogens is 404 g/mol. The highest BCUT2D eigenvalue weighted by molar-refractivity contribution is 6.10. The fourth-order valence-corrected chi connectivity index (χ4v) is 5.66. The van der Waals surface area contributed by atoms with E-state index in [4.69, 9.17) is 9.40 Å². The van der Waals surface area contributed by atoms with Crippen LogP contribution in [-0.4, -0.2) is 4.98 Å². The summed E-state index contributed by atoms with van der Waals surface area (Å²) in [5, 5.41) is 2.18. The third-order valence-corrected chi connectivity index (χ3v) is 7.89. The molecule has 0 radical (unpaired) electrons. The average Bonchev–Trinajstić information content (AvgIpc) is 3.13. The van der Waals surface area contributed by atoms with Crippen LogP contribution in [0.15, 0.2) is 59.1 Å². The van der Waals surface area contributed by atoms with E-state index >= 15 is 0 Å². The molecule has 1 aliphatic carbocycles. The average molecular weight is 436 g/mol. The Morgan fingerprint density at radius 2 is 1.64 bits per heavy atom. The second kappa shape index (κ2) is 6.66. The van der Waals surface area contributed by atoms with Crippen molar-refractivity contribution in [2.24, 2.45) is 7.05 Å². The van der Waals surface area contributed by atoms with Crippen molar-refractivity contribution in [1.29, 1.82) is 0 Å². The van der Waals surface area contributed by atoms with Gasteiger partial charge < -0.3 is 4.42 Å². The maximum atomic E-state index is 6.54. The van der Waals surface area contributed by atoms with Crippen molar-refractivity contribution in [3.63, 3.8) is 0 Å². The normalized spacial score (nSPS) is 17.0. The van der Waals surface area contributed by atoms with Crippen LogP contribution in [0.25, 0.3) is 44.2 Å². The minimum Gasteiger partial charge on any atom is -0.453 e. The lowest BCUT2D eigenvalue weighted by Gasteiger charge is -2.40. The van der Waals surface area contributed by atoms with E-state index in [-0.39, 0.29) is 10.8 Å². The molecule has 5 aromatic rings. The summed E-state index contributed by atoms with van der Waals surface area (Å²) in [5.74, 6) is 0. The molecule has 6 rings (SSSR count). The summed E-state index contributed by atoms with van der Waals surface area (Å²) >= 11 is 0. The first-order chi connectivity index (χ1) is 15.7. The number of hydrogen-bond donors (Lipinski definition) is 0. The summed E-state index contributed by atoms with van der Waals surface area (Å²) in [5.41, 5.74) is 10.6. The number of aryl methyl sites for hydroxylation is 2. The van der Waals surface area contributed by atoms with Crippen molar-refractivity contribution in [3.8, 4) is 11.3 Å². The number of hydrogen-bond acceptors (Lipinski definition) is 2. The van der Waals surface area contributed by atoms with Gasteiger partial charge in [0.05, 0.1) is 11.1 Å². The number of rotatable bonds is 1. The van der Waals surface area contributed by atoms with Crippen molar-refractivity contribution in [2.75, 3.05) is 0 Å². The molecule has 0 fully saturated rings. The monoisotopic (exact) mass is 435 g/mol. The molecule has 0 spiro atoms. The highest BCUT2D eigenvalue weighted by atomic mass is 16.3. The number of pyridine rings is 2. The number of benzene rings is 2. The molecule has 0 unspecified atom stereocenters. The second-order valence-electron chi connectivity index (χ2n) is 11.1. The summed E-state index contributed by atoms with van der Waals surface area (Å²) in [6, 6.07) is 17.2. The predicted molar refractivity (Wildman–Crippen MR) is 136 cm³/mol. The van der Waals surface area contributed by atoms with Crippen LogP contribution >= 0.6 is 0 Å². The van der Waals surface area contributed by atoms with Gasteiger partial charge in [-0.2, -0.15) is 0 Å². The molecule has 2 aromatic carbocycles. The zero-order valence-electron chi connectivity index (χ0n) is 20.4. The Morgan fingerprint density at radius 1 is 0.909 bits per heavy atom. The standard InChI is InChI=1S/C30H31N2O/c1-18-11-12-20-27-25(15-19-9-7-8-10-23(19)31-27)33-28(20)26(18)24-16-21-22(17-32(24)6)30(4,5)14-13-29(21,2)3/h7-12,15-17H,13-14H2,1-6H3/q+1. The quantitative estimate of drug-likeness (QED) is 0.259. The van der Waals surface area contributed by atoms with Gasteiger partial charge in [0.1, 0.15) is 12.6 Å². The van der Waals surface area contributed by atoms with E-state index in [1.165, 1.54) is 40.8 Å². The molecule has 33 heavy (non-hydrogen) atoms. The van der Waals surface area contributed by atoms with Crippen LogP contribution in [0.4, 0.5) is 0 Å². The van der Waals surface area contributed by atoms with Gasteiger partial charge in [0.2, 0.25) is 5.69 Å². The molecule has 0 N–H and O–H groups in total. The number of furan rings is 1. The fraction of sp³-hybridized carbons (Fsp3) is 0.333. The smallest absolute Gasteiger partial charge is 0.216 e. The summed E-state index contributed by atoms with van der Waals surface area (Å²) in [4.78, 5) is 4.96. The van der Waals surface area contributed by atoms with E-state index in [1.54, 1.807) is 0 Å². The summed E-state index contributed by atoms with van der Waals surface area (Å²) in [6.45, 7) is 11.7. The third kappa shape index (κ3) is 2.95. The first-order valence-corrected chi connectivity index (χ1v) is 11.9. The van der Waals surface area contributed by atoms with Crippen molar-refractivity contribution >= 4 is 33.0 Å². The van der Waals surface area contributed by atoms with Crippen LogP contribution in [0, 0.1) is 6.92 Å². The number of nitrogens with zero attached hydrogens (tertiary/aromatic N) is 2. The topological polar surface area (TPSA) is 29.9 Å². The first-order valence-electron chi connectivity index (χ1n) is 11.9. The lowest BCUT2D eigenvalue weighted by molar-refractivity contribution is -0.661. The molecular formula is C30H31N2O+. The number of aromatic nitrogens is 2. The highest BCUT2D eigenvalue weighted by Crippen LogP contribution is 2.46. The van der Waals surface area contributed by atoms with Gasteiger partial charge in [0, 0.05) is 22.4 Å². The number of para-hydroxylation sites is 1. The molecule has 0 atom stereocenters. The largest absolute Gasteiger partial charge is 0.453 e. The Bertz CT molecular complexity index is 1590. The summed E-state index contributed by atoms with van der Waals surface area (Å²) < 4.78 is 8.84. The molecule has 3 aromatic heterocycles. The zero-order chi connectivity index (χ0) is 23.1. The molecule has 1 aliphatic rings. The Kier molecular flexibility index (Phi) is 4.12. The maximum absolute atomic E-state index is 6.54. The van der Waals surface area contributed by atoms with E-state index in [0.717, 1.165) is 33.0 Å². The van der Waals surface area contributed by atoms with Gasteiger partial charge in [-0.25, -0.2) is 9.55 Å². The zero-order valence-corrected chi connectivity index (χ0v) is 20.4. The molecule has 0 aliphatic heterocycles. The van der Waals surface area contributed by atoms with Gasteiger partial charge in [-0.3, -0.25) is 0 Å². The molecule has 0 saturated carbocycles. The summed E-state index contributed by atoms with van der Waals surface area (Å²) in [6.07, 6.45) is 4.77. The molecule has 166 valence electrons. The van der Waals surface area contributed by atoms with Crippen molar-refractivity contribution in [3.05, 3.63) is 71.4 Å². The minimum absolute atomic E-state index is 0.156. The summed E-state index contributed by atoms with van der Waals surface area (Å²) in [7, 11) is 2.17. The Morgan fingerprint density at radius 3 is 2.42 bits per heavy atom. The lowest BCUT2D eigenvalue weighted by atomic mass is 9.63. The third-order valence-electron chi connectivity index (χ3n) is 7.89. The molecule has 0 bridgehead atoms. The maximum Gasteiger partial charge on any atom is 0.216 e.